The molecule has 0 radical (unpaired) electrons. The Morgan fingerprint density at radius 2 is 2.10 bits per heavy atom. The molecular formula is C16H24FNO2S. The molecule has 1 aromatic rings. The third kappa shape index (κ3) is 5.67. The predicted octanol–water partition coefficient (Wildman–Crippen LogP) is 3.63. The van der Waals surface area contributed by atoms with Gasteiger partial charge < -0.3 is 10.1 Å². The van der Waals surface area contributed by atoms with Crippen molar-refractivity contribution in [1.29, 1.82) is 0 Å². The molecule has 0 heterocycles. The molecule has 0 bridgehead atoms. The lowest BCUT2D eigenvalue weighted by molar-refractivity contribution is -0.150. The van der Waals surface area contributed by atoms with Crippen LogP contribution in [0.3, 0.4) is 0 Å². The van der Waals surface area contributed by atoms with Crippen molar-refractivity contribution < 1.29 is 13.9 Å². The number of hydrogen-bond acceptors (Lipinski definition) is 4. The van der Waals surface area contributed by atoms with Gasteiger partial charge in [-0.1, -0.05) is 19.1 Å². The summed E-state index contributed by atoms with van der Waals surface area (Å²) in [5.41, 5.74) is -0.718. The van der Waals surface area contributed by atoms with Gasteiger partial charge in [-0.25, -0.2) is 4.39 Å². The van der Waals surface area contributed by atoms with Crippen molar-refractivity contribution in [3.05, 3.63) is 30.1 Å². The third-order valence-electron chi connectivity index (χ3n) is 3.19. The molecule has 1 N–H and O–H groups in total. The first kappa shape index (κ1) is 18.0. The van der Waals surface area contributed by atoms with Crippen LogP contribution in [0.25, 0.3) is 0 Å². The Balaban J connectivity index is 2.60. The molecule has 1 unspecified atom stereocenters. The first-order valence-electron chi connectivity index (χ1n) is 7.33. The lowest BCUT2D eigenvalue weighted by Crippen LogP contribution is -2.51. The minimum atomic E-state index is -0.718. The van der Waals surface area contributed by atoms with Crippen molar-refractivity contribution in [1.82, 2.24) is 5.32 Å². The monoisotopic (exact) mass is 313 g/mol. The van der Waals surface area contributed by atoms with E-state index in [1.54, 1.807) is 19.1 Å². The molecule has 0 aliphatic rings. The maximum absolute atomic E-state index is 13.6. The Labute approximate surface area is 130 Å². The van der Waals surface area contributed by atoms with Crippen molar-refractivity contribution in [3.63, 3.8) is 0 Å². The first-order valence-corrected chi connectivity index (χ1v) is 8.31. The molecule has 118 valence electrons. The molecule has 0 saturated heterocycles. The highest BCUT2D eigenvalue weighted by atomic mass is 32.2. The number of benzene rings is 1. The quantitative estimate of drug-likeness (QED) is 0.558. The zero-order valence-corrected chi connectivity index (χ0v) is 13.8. The fourth-order valence-corrected chi connectivity index (χ4v) is 2.99. The molecule has 0 fully saturated rings. The van der Waals surface area contributed by atoms with Gasteiger partial charge in [0.1, 0.15) is 11.4 Å². The largest absolute Gasteiger partial charge is 0.465 e. The van der Waals surface area contributed by atoms with Gasteiger partial charge in [0.15, 0.2) is 0 Å². The van der Waals surface area contributed by atoms with Gasteiger partial charge in [0.25, 0.3) is 0 Å². The summed E-state index contributed by atoms with van der Waals surface area (Å²) >= 11 is 1.42. The van der Waals surface area contributed by atoms with Crippen LogP contribution in [0.2, 0.25) is 0 Å². The van der Waals surface area contributed by atoms with E-state index >= 15 is 0 Å². The highest BCUT2D eigenvalue weighted by Crippen LogP contribution is 2.25. The number of carbonyl (C=O) groups excluding carboxylic acids is 1. The van der Waals surface area contributed by atoms with Gasteiger partial charge >= 0.3 is 5.97 Å². The summed E-state index contributed by atoms with van der Waals surface area (Å²) in [6, 6.07) is 6.68. The predicted molar refractivity (Wildman–Crippen MR) is 85.1 cm³/mol. The van der Waals surface area contributed by atoms with Crippen LogP contribution in [0.1, 0.15) is 33.6 Å². The molecule has 0 spiro atoms. The lowest BCUT2D eigenvalue weighted by atomic mass is 9.99. The third-order valence-corrected chi connectivity index (χ3v) is 4.24. The van der Waals surface area contributed by atoms with Gasteiger partial charge in [-0.05, 0) is 45.4 Å². The van der Waals surface area contributed by atoms with Crippen LogP contribution >= 0.6 is 11.8 Å². The van der Waals surface area contributed by atoms with Crippen LogP contribution in [-0.4, -0.2) is 30.4 Å². The summed E-state index contributed by atoms with van der Waals surface area (Å²) in [6.45, 7) is 6.81. The van der Waals surface area contributed by atoms with Gasteiger partial charge in [0.05, 0.1) is 6.61 Å². The first-order chi connectivity index (χ1) is 10.0. The average molecular weight is 313 g/mol. The Bertz CT molecular complexity index is 456. The number of hydrogen-bond donors (Lipinski definition) is 1. The van der Waals surface area contributed by atoms with Gasteiger partial charge in [-0.15, -0.1) is 11.8 Å². The Morgan fingerprint density at radius 3 is 2.71 bits per heavy atom. The molecule has 1 rings (SSSR count). The normalized spacial score (nSPS) is 13.7. The Hall–Kier alpha value is -1.07. The summed E-state index contributed by atoms with van der Waals surface area (Å²) in [6.07, 6.45) is 1.53. The number of thioether (sulfide) groups is 1. The summed E-state index contributed by atoms with van der Waals surface area (Å²) < 4.78 is 18.7. The van der Waals surface area contributed by atoms with Crippen LogP contribution < -0.4 is 5.32 Å². The summed E-state index contributed by atoms with van der Waals surface area (Å²) in [5.74, 6) is 0.182. The second-order valence-electron chi connectivity index (χ2n) is 5.01. The second-order valence-corrected chi connectivity index (χ2v) is 6.14. The summed E-state index contributed by atoms with van der Waals surface area (Å²) in [5, 5.41) is 3.25. The molecule has 1 aromatic carbocycles. The van der Waals surface area contributed by atoms with Crippen LogP contribution in [0, 0.1) is 5.82 Å². The number of carbonyl (C=O) groups is 1. The SMILES string of the molecule is CCCNC(C)(CCSc1ccccc1F)C(=O)OCC. The van der Waals surface area contributed by atoms with Gasteiger partial charge in [0, 0.05) is 10.6 Å². The van der Waals surface area contributed by atoms with E-state index in [-0.39, 0.29) is 11.8 Å². The number of rotatable bonds is 9. The molecule has 0 aliphatic heterocycles. The summed E-state index contributed by atoms with van der Waals surface area (Å²) in [7, 11) is 0. The average Bonchev–Trinajstić information content (AvgIpc) is 2.47. The topological polar surface area (TPSA) is 38.3 Å². The minimum Gasteiger partial charge on any atom is -0.465 e. The van der Waals surface area contributed by atoms with Crippen molar-refractivity contribution in [2.24, 2.45) is 0 Å². The fourth-order valence-electron chi connectivity index (χ4n) is 1.88. The van der Waals surface area contributed by atoms with E-state index in [1.165, 1.54) is 17.8 Å². The van der Waals surface area contributed by atoms with E-state index < -0.39 is 5.54 Å². The van der Waals surface area contributed by atoms with E-state index in [0.717, 1.165) is 13.0 Å². The minimum absolute atomic E-state index is 0.221. The molecule has 5 heteroatoms. The maximum atomic E-state index is 13.6. The summed E-state index contributed by atoms with van der Waals surface area (Å²) in [4.78, 5) is 12.7. The molecule has 21 heavy (non-hydrogen) atoms. The molecule has 0 aliphatic carbocycles. The smallest absolute Gasteiger partial charge is 0.326 e. The van der Waals surface area contributed by atoms with Gasteiger partial charge in [-0.2, -0.15) is 0 Å². The molecular weight excluding hydrogens is 289 g/mol. The highest BCUT2D eigenvalue weighted by Gasteiger charge is 2.33. The van der Waals surface area contributed by atoms with E-state index in [9.17, 15) is 9.18 Å². The Kier molecular flexibility index (Phi) is 7.75. The van der Waals surface area contributed by atoms with Gasteiger partial charge in [0.2, 0.25) is 0 Å². The number of esters is 1. The van der Waals surface area contributed by atoms with Crippen LogP contribution in [0.4, 0.5) is 4.39 Å². The zero-order chi connectivity index (χ0) is 15.7. The maximum Gasteiger partial charge on any atom is 0.326 e. The van der Waals surface area contributed by atoms with Crippen LogP contribution in [-0.2, 0) is 9.53 Å². The second kappa shape index (κ2) is 9.05. The van der Waals surface area contributed by atoms with Crippen molar-refractivity contribution in [3.8, 4) is 0 Å². The number of nitrogens with one attached hydrogen (secondary N) is 1. The van der Waals surface area contributed by atoms with E-state index in [2.05, 4.69) is 5.32 Å². The van der Waals surface area contributed by atoms with Gasteiger partial charge in [-0.3, -0.25) is 4.79 Å². The van der Waals surface area contributed by atoms with E-state index in [0.29, 0.717) is 23.7 Å². The van der Waals surface area contributed by atoms with Crippen LogP contribution in [0.5, 0.6) is 0 Å². The molecule has 1 atom stereocenters. The number of halogens is 1. The standard InChI is InChI=1S/C16H24FNO2S/c1-4-11-18-16(3,15(19)20-5-2)10-12-21-14-9-7-6-8-13(14)17/h6-9,18H,4-5,10-12H2,1-3H3. The lowest BCUT2D eigenvalue weighted by Gasteiger charge is -2.28. The Morgan fingerprint density at radius 1 is 1.38 bits per heavy atom. The van der Waals surface area contributed by atoms with Crippen molar-refractivity contribution in [2.45, 2.75) is 44.0 Å². The molecule has 3 nitrogen and oxygen atoms in total. The van der Waals surface area contributed by atoms with E-state index in [4.69, 9.17) is 4.74 Å². The molecule has 0 aromatic heterocycles. The number of ether oxygens (including phenoxy) is 1. The molecule has 0 saturated carbocycles. The molecule has 0 amide bonds. The zero-order valence-electron chi connectivity index (χ0n) is 12.9. The van der Waals surface area contributed by atoms with Crippen LogP contribution in [0.15, 0.2) is 29.2 Å². The van der Waals surface area contributed by atoms with Crippen molar-refractivity contribution >= 4 is 17.7 Å². The highest BCUT2D eigenvalue weighted by molar-refractivity contribution is 7.99. The van der Waals surface area contributed by atoms with E-state index in [1.807, 2.05) is 19.9 Å². The van der Waals surface area contributed by atoms with Crippen molar-refractivity contribution in [2.75, 3.05) is 18.9 Å². The fraction of sp³-hybridized carbons (Fsp3) is 0.562.